The van der Waals surface area contributed by atoms with Crippen molar-refractivity contribution in [3.8, 4) is 0 Å². The molecule has 2 heterocycles. The van der Waals surface area contributed by atoms with Gasteiger partial charge in [0, 0.05) is 41.4 Å². The summed E-state index contributed by atoms with van der Waals surface area (Å²) in [5, 5.41) is 21.3. The molecule has 0 radical (unpaired) electrons. The maximum Gasteiger partial charge on any atom is 0.328 e. The number of benzene rings is 3. The van der Waals surface area contributed by atoms with Crippen LogP contribution in [0.1, 0.15) is 32.6 Å². The zero-order valence-electron chi connectivity index (χ0n) is 21.8. The number of nitrogens with one attached hydrogen (secondary N) is 3. The molecule has 9 nitrogen and oxygen atoms in total. The Hall–Kier alpha value is -5.22. The summed E-state index contributed by atoms with van der Waals surface area (Å²) in [5.41, 5.74) is 4.72. The van der Waals surface area contributed by atoms with Gasteiger partial charge in [-0.1, -0.05) is 60.7 Å². The summed E-state index contributed by atoms with van der Waals surface area (Å²) in [6.45, 7) is 0.384. The molecule has 0 fully saturated rings. The number of carboxylic acid groups (broad SMARTS) is 1. The van der Waals surface area contributed by atoms with E-state index in [-0.39, 0.29) is 30.9 Å². The lowest BCUT2D eigenvalue weighted by atomic mass is 9.97. The average Bonchev–Trinajstić information content (AvgIpc) is 3.45. The predicted molar refractivity (Wildman–Crippen MR) is 158 cm³/mol. The number of urea groups is 1. The topological polar surface area (TPSA) is 128 Å². The van der Waals surface area contributed by atoms with Gasteiger partial charge in [-0.3, -0.25) is 14.5 Å². The van der Waals surface area contributed by atoms with E-state index in [9.17, 15) is 24.3 Å². The Kier molecular flexibility index (Phi) is 8.21. The predicted octanol–water partition coefficient (Wildman–Crippen LogP) is 4.86. The van der Waals surface area contributed by atoms with Crippen molar-refractivity contribution in [1.29, 1.82) is 0 Å². The third kappa shape index (κ3) is 6.51. The molecule has 1 aliphatic rings. The van der Waals surface area contributed by atoms with Crippen LogP contribution in [0.5, 0.6) is 0 Å². The smallest absolute Gasteiger partial charge is 0.328 e. The van der Waals surface area contributed by atoms with Gasteiger partial charge in [-0.05, 0) is 40.3 Å². The molecule has 0 saturated heterocycles. The molecule has 1 aliphatic heterocycles. The van der Waals surface area contributed by atoms with Gasteiger partial charge in [-0.15, -0.1) is 0 Å². The second-order valence-corrected chi connectivity index (χ2v) is 10.0. The first-order valence-corrected chi connectivity index (χ1v) is 13.7. The van der Waals surface area contributed by atoms with Crippen LogP contribution in [0.25, 0.3) is 5.57 Å². The largest absolute Gasteiger partial charge is 0.478 e. The third-order valence-corrected chi connectivity index (χ3v) is 7.22. The van der Waals surface area contributed by atoms with E-state index < -0.39 is 5.97 Å². The van der Waals surface area contributed by atoms with Crippen LogP contribution in [0, 0.1) is 0 Å². The van der Waals surface area contributed by atoms with Crippen LogP contribution in [0.2, 0.25) is 0 Å². The summed E-state index contributed by atoms with van der Waals surface area (Å²) in [7, 11) is 0. The first kappa shape index (κ1) is 27.4. The normalized spacial score (nSPS) is 13.1. The SMILES string of the molecule is O=C(O)/C=C1/c2cscc2C(=O)N(CC(=O)NCc2ccc(NC(=O)NCc3ccccc3)cc2)c2ccccc21. The Labute approximate surface area is 240 Å². The minimum atomic E-state index is -1.13. The number of carbonyl (C=O) groups excluding carboxylic acids is 3. The number of carboxylic acids is 1. The quantitative estimate of drug-likeness (QED) is 0.227. The molecule has 10 heteroatoms. The van der Waals surface area contributed by atoms with Crippen LogP contribution >= 0.6 is 11.3 Å². The molecular formula is C31H26N4O5S. The zero-order valence-corrected chi connectivity index (χ0v) is 22.6. The molecule has 41 heavy (non-hydrogen) atoms. The van der Waals surface area contributed by atoms with E-state index in [0.717, 1.165) is 17.2 Å². The van der Waals surface area contributed by atoms with E-state index >= 15 is 0 Å². The maximum absolute atomic E-state index is 13.5. The number of hydrogen-bond donors (Lipinski definition) is 4. The van der Waals surface area contributed by atoms with Crippen LogP contribution < -0.4 is 20.9 Å². The molecule has 4 N–H and O–H groups in total. The summed E-state index contributed by atoms with van der Waals surface area (Å²) in [6, 6.07) is 23.3. The summed E-state index contributed by atoms with van der Waals surface area (Å²) in [6.07, 6.45) is 1.09. The summed E-state index contributed by atoms with van der Waals surface area (Å²) >= 11 is 1.30. The number of anilines is 2. The summed E-state index contributed by atoms with van der Waals surface area (Å²) in [4.78, 5) is 51.6. The molecule has 5 rings (SSSR count). The van der Waals surface area contributed by atoms with Crippen molar-refractivity contribution >= 4 is 52.1 Å². The molecule has 0 atom stereocenters. The van der Waals surface area contributed by atoms with E-state index in [1.165, 1.54) is 16.2 Å². The summed E-state index contributed by atoms with van der Waals surface area (Å²) < 4.78 is 0. The van der Waals surface area contributed by atoms with Crippen molar-refractivity contribution in [2.75, 3.05) is 16.8 Å². The number of para-hydroxylation sites is 1. The minimum absolute atomic E-state index is 0.219. The Balaban J connectivity index is 1.22. The van der Waals surface area contributed by atoms with Gasteiger partial charge >= 0.3 is 12.0 Å². The van der Waals surface area contributed by atoms with Crippen molar-refractivity contribution in [1.82, 2.24) is 10.6 Å². The highest BCUT2D eigenvalue weighted by molar-refractivity contribution is 7.08. The van der Waals surface area contributed by atoms with Crippen molar-refractivity contribution in [3.05, 3.63) is 124 Å². The fourth-order valence-corrected chi connectivity index (χ4v) is 5.33. The van der Waals surface area contributed by atoms with Crippen molar-refractivity contribution < 1.29 is 24.3 Å². The molecule has 0 spiro atoms. The standard InChI is InChI=1S/C31H26N4O5S/c36-28(32-15-21-10-12-22(13-11-21)34-31(40)33-16-20-6-2-1-3-7-20)17-35-27-9-5-4-8-23(27)24(14-29(37)38)25-18-41-19-26(25)30(35)39/h1-14,18-19H,15-17H2,(H,32,36)(H,37,38)(H2,33,34,40)/b24-14+. The molecule has 0 saturated carbocycles. The second-order valence-electron chi connectivity index (χ2n) is 9.27. The van der Waals surface area contributed by atoms with Gasteiger partial charge in [0.1, 0.15) is 6.54 Å². The van der Waals surface area contributed by atoms with E-state index in [1.54, 1.807) is 59.3 Å². The van der Waals surface area contributed by atoms with Crippen LogP contribution in [0.4, 0.5) is 16.2 Å². The molecule has 3 aromatic carbocycles. The minimum Gasteiger partial charge on any atom is -0.478 e. The first-order chi connectivity index (χ1) is 19.9. The van der Waals surface area contributed by atoms with Crippen molar-refractivity contribution in [3.63, 3.8) is 0 Å². The van der Waals surface area contributed by atoms with Crippen molar-refractivity contribution in [2.24, 2.45) is 0 Å². The number of fused-ring (bicyclic) bond motifs is 2. The van der Waals surface area contributed by atoms with Crippen LogP contribution in [-0.2, 0) is 22.7 Å². The molecule has 0 aliphatic carbocycles. The van der Waals surface area contributed by atoms with Gasteiger partial charge < -0.3 is 21.1 Å². The molecule has 4 amide bonds. The lowest BCUT2D eigenvalue weighted by Crippen LogP contribution is -2.40. The number of aliphatic carboxylic acids is 1. The monoisotopic (exact) mass is 566 g/mol. The number of nitrogens with zero attached hydrogens (tertiary/aromatic N) is 1. The molecule has 206 valence electrons. The van der Waals surface area contributed by atoms with E-state index in [4.69, 9.17) is 0 Å². The molecule has 4 aromatic rings. The van der Waals surface area contributed by atoms with Crippen molar-refractivity contribution in [2.45, 2.75) is 13.1 Å². The summed E-state index contributed by atoms with van der Waals surface area (Å²) in [5.74, 6) is -1.88. The fraction of sp³-hybridized carbons (Fsp3) is 0.0968. The van der Waals surface area contributed by atoms with Gasteiger partial charge in [-0.25, -0.2) is 9.59 Å². The number of hydrogen-bond acceptors (Lipinski definition) is 5. The van der Waals surface area contributed by atoms with Crippen LogP contribution in [0.3, 0.4) is 0 Å². The Morgan fingerprint density at radius 1 is 0.780 bits per heavy atom. The van der Waals surface area contributed by atoms with E-state index in [2.05, 4.69) is 16.0 Å². The van der Waals surface area contributed by atoms with Gasteiger partial charge in [-0.2, -0.15) is 11.3 Å². The van der Waals surface area contributed by atoms with Gasteiger partial charge in [0.05, 0.1) is 11.3 Å². The Bertz CT molecular complexity index is 1630. The first-order valence-electron chi connectivity index (χ1n) is 12.8. The highest BCUT2D eigenvalue weighted by Crippen LogP contribution is 2.39. The fourth-order valence-electron chi connectivity index (χ4n) is 4.50. The zero-order chi connectivity index (χ0) is 28.8. The average molecular weight is 567 g/mol. The van der Waals surface area contributed by atoms with Gasteiger partial charge in [0.15, 0.2) is 0 Å². The number of amides is 4. The molecule has 0 unspecified atom stereocenters. The number of thiophene rings is 1. The third-order valence-electron chi connectivity index (χ3n) is 6.48. The molecular weight excluding hydrogens is 540 g/mol. The Morgan fingerprint density at radius 3 is 2.20 bits per heavy atom. The van der Waals surface area contributed by atoms with Gasteiger partial charge in [0.25, 0.3) is 5.91 Å². The lowest BCUT2D eigenvalue weighted by molar-refractivity contribution is -0.131. The number of carbonyl (C=O) groups is 4. The number of rotatable bonds is 8. The molecule has 1 aromatic heterocycles. The highest BCUT2D eigenvalue weighted by atomic mass is 32.1. The maximum atomic E-state index is 13.5. The Morgan fingerprint density at radius 2 is 1.44 bits per heavy atom. The van der Waals surface area contributed by atoms with Crippen LogP contribution in [-0.4, -0.2) is 35.5 Å². The lowest BCUT2D eigenvalue weighted by Gasteiger charge is -2.22. The van der Waals surface area contributed by atoms with E-state index in [0.29, 0.717) is 40.2 Å². The molecule has 0 bridgehead atoms. The van der Waals surface area contributed by atoms with Crippen LogP contribution in [0.15, 0.2) is 95.7 Å². The second kappa shape index (κ2) is 12.3. The van der Waals surface area contributed by atoms with Gasteiger partial charge in [0.2, 0.25) is 5.91 Å². The highest BCUT2D eigenvalue weighted by Gasteiger charge is 2.31. The van der Waals surface area contributed by atoms with E-state index in [1.807, 2.05) is 30.3 Å².